The highest BCUT2D eigenvalue weighted by molar-refractivity contribution is 9.10. The summed E-state index contributed by atoms with van der Waals surface area (Å²) in [6.45, 7) is 4.94. The normalized spacial score (nSPS) is 14.4. The number of carbonyl (C=O) groups excluding carboxylic acids is 1. The number of nitrogens with two attached hydrogens (primary N) is 1. The van der Waals surface area contributed by atoms with Crippen molar-refractivity contribution in [3.05, 3.63) is 28.5 Å². The Hall–Kier alpha value is -1.47. The number of carboxylic acids is 1. The van der Waals surface area contributed by atoms with Crippen LogP contribution in [0.15, 0.2) is 22.9 Å². The first-order valence-electron chi connectivity index (χ1n) is 5.91. The number of aromatic nitrogens is 1. The Balaban J connectivity index is 3.00. The van der Waals surface area contributed by atoms with Crippen LogP contribution < -0.4 is 5.73 Å². The smallest absolute Gasteiger partial charge is 0.338 e. The number of hydrogen-bond acceptors (Lipinski definition) is 5. The summed E-state index contributed by atoms with van der Waals surface area (Å²) < 4.78 is 5.69. The molecule has 1 aromatic heterocycles. The van der Waals surface area contributed by atoms with Gasteiger partial charge in [0.1, 0.15) is 10.2 Å². The molecule has 7 heteroatoms. The van der Waals surface area contributed by atoms with Crippen molar-refractivity contribution in [2.75, 3.05) is 0 Å². The van der Waals surface area contributed by atoms with Crippen LogP contribution in [0.4, 0.5) is 0 Å². The molecule has 20 heavy (non-hydrogen) atoms. The molecular weight excluding hydrogens is 328 g/mol. The van der Waals surface area contributed by atoms with Gasteiger partial charge in [-0.25, -0.2) is 14.6 Å². The monoisotopic (exact) mass is 344 g/mol. The lowest BCUT2D eigenvalue weighted by atomic mass is 9.92. The maximum absolute atomic E-state index is 12.0. The SMILES string of the molecule is CC(C)(C)OC(=O)[C@](N)(Cc1ccc(Br)nc1)C(=O)O. The average Bonchev–Trinajstić information content (AvgIpc) is 2.29. The van der Waals surface area contributed by atoms with Crippen molar-refractivity contribution >= 4 is 27.9 Å². The number of carbonyl (C=O) groups is 2. The molecule has 3 N–H and O–H groups in total. The molecule has 0 fully saturated rings. The first-order valence-corrected chi connectivity index (χ1v) is 6.70. The summed E-state index contributed by atoms with van der Waals surface area (Å²) >= 11 is 3.17. The minimum atomic E-state index is -2.14. The van der Waals surface area contributed by atoms with Crippen LogP contribution in [-0.2, 0) is 20.7 Å². The number of rotatable bonds is 4. The molecule has 0 aliphatic carbocycles. The molecule has 0 aromatic carbocycles. The van der Waals surface area contributed by atoms with Gasteiger partial charge in [-0.05, 0) is 48.3 Å². The zero-order chi connectivity index (χ0) is 15.6. The van der Waals surface area contributed by atoms with Crippen molar-refractivity contribution in [1.82, 2.24) is 4.98 Å². The highest BCUT2D eigenvalue weighted by Gasteiger charge is 2.45. The van der Waals surface area contributed by atoms with Gasteiger partial charge in [-0.3, -0.25) is 0 Å². The third-order valence-electron chi connectivity index (χ3n) is 2.42. The Kier molecular flexibility index (Phi) is 4.88. The first kappa shape index (κ1) is 16.6. The summed E-state index contributed by atoms with van der Waals surface area (Å²) in [5.74, 6) is -2.41. The number of pyridine rings is 1. The molecule has 110 valence electrons. The number of aliphatic carboxylic acids is 1. The van der Waals surface area contributed by atoms with Crippen molar-refractivity contribution in [2.24, 2.45) is 5.73 Å². The molecule has 0 bridgehead atoms. The Labute approximate surface area is 125 Å². The molecule has 0 amide bonds. The maximum atomic E-state index is 12.0. The van der Waals surface area contributed by atoms with Crippen LogP contribution in [0.5, 0.6) is 0 Å². The van der Waals surface area contributed by atoms with Gasteiger partial charge in [0.2, 0.25) is 5.54 Å². The lowest BCUT2D eigenvalue weighted by Crippen LogP contribution is -2.58. The highest BCUT2D eigenvalue weighted by atomic mass is 79.9. The molecule has 0 radical (unpaired) electrons. The first-order chi connectivity index (χ1) is 9.04. The van der Waals surface area contributed by atoms with E-state index in [0.29, 0.717) is 10.2 Å². The van der Waals surface area contributed by atoms with E-state index in [9.17, 15) is 14.7 Å². The fraction of sp³-hybridized carbons (Fsp3) is 0.462. The summed E-state index contributed by atoms with van der Waals surface area (Å²) in [6.07, 6.45) is 1.26. The van der Waals surface area contributed by atoms with Gasteiger partial charge in [-0.2, -0.15) is 0 Å². The van der Waals surface area contributed by atoms with Gasteiger partial charge in [0.05, 0.1) is 0 Å². The van der Waals surface area contributed by atoms with E-state index in [4.69, 9.17) is 10.5 Å². The summed E-state index contributed by atoms with van der Waals surface area (Å²) in [5.41, 5.74) is 3.33. The molecule has 1 heterocycles. The van der Waals surface area contributed by atoms with E-state index in [2.05, 4.69) is 20.9 Å². The van der Waals surface area contributed by atoms with Crippen LogP contribution in [0, 0.1) is 0 Å². The minimum Gasteiger partial charge on any atom is -0.479 e. The van der Waals surface area contributed by atoms with Gasteiger partial charge in [-0.15, -0.1) is 0 Å². The number of esters is 1. The van der Waals surface area contributed by atoms with E-state index in [1.54, 1.807) is 32.9 Å². The Morgan fingerprint density at radius 3 is 2.40 bits per heavy atom. The molecule has 1 atom stereocenters. The van der Waals surface area contributed by atoms with Crippen molar-refractivity contribution in [2.45, 2.75) is 38.3 Å². The minimum absolute atomic E-state index is 0.197. The molecule has 0 saturated carbocycles. The van der Waals surface area contributed by atoms with E-state index < -0.39 is 23.1 Å². The fourth-order valence-corrected chi connectivity index (χ4v) is 1.67. The predicted octanol–water partition coefficient (Wildman–Crippen LogP) is 1.51. The summed E-state index contributed by atoms with van der Waals surface area (Å²) in [4.78, 5) is 27.4. The zero-order valence-corrected chi connectivity index (χ0v) is 13.1. The van der Waals surface area contributed by atoms with Crippen molar-refractivity contribution in [3.63, 3.8) is 0 Å². The third kappa shape index (κ3) is 4.28. The van der Waals surface area contributed by atoms with Crippen LogP contribution in [0.25, 0.3) is 0 Å². The zero-order valence-electron chi connectivity index (χ0n) is 11.5. The van der Waals surface area contributed by atoms with Gasteiger partial charge in [0, 0.05) is 12.6 Å². The Morgan fingerprint density at radius 2 is 2.00 bits per heavy atom. The van der Waals surface area contributed by atoms with Gasteiger partial charge < -0.3 is 15.6 Å². The Morgan fingerprint density at radius 1 is 1.40 bits per heavy atom. The fourth-order valence-electron chi connectivity index (χ4n) is 1.44. The lowest BCUT2D eigenvalue weighted by molar-refractivity contribution is -0.169. The summed E-state index contributed by atoms with van der Waals surface area (Å²) in [5, 5.41) is 9.26. The van der Waals surface area contributed by atoms with Crippen LogP contribution in [0.3, 0.4) is 0 Å². The van der Waals surface area contributed by atoms with E-state index in [-0.39, 0.29) is 6.42 Å². The van der Waals surface area contributed by atoms with Gasteiger partial charge in [0.25, 0.3) is 0 Å². The quantitative estimate of drug-likeness (QED) is 0.487. The van der Waals surface area contributed by atoms with Gasteiger partial charge in [0.15, 0.2) is 0 Å². The summed E-state index contributed by atoms with van der Waals surface area (Å²) in [6, 6.07) is 3.29. The standard InChI is InChI=1S/C13H17BrN2O4/c1-12(2,3)20-11(19)13(15,10(17)18)6-8-4-5-9(14)16-7-8/h4-5,7H,6,15H2,1-3H3,(H,17,18)/t13-/m0/s1. The van der Waals surface area contributed by atoms with Crippen molar-refractivity contribution in [3.8, 4) is 0 Å². The van der Waals surface area contributed by atoms with Crippen LogP contribution in [0.2, 0.25) is 0 Å². The number of halogens is 1. The van der Waals surface area contributed by atoms with E-state index >= 15 is 0 Å². The molecular formula is C13H17BrN2O4. The number of nitrogens with zero attached hydrogens (tertiary/aromatic N) is 1. The average molecular weight is 345 g/mol. The van der Waals surface area contributed by atoms with Gasteiger partial charge >= 0.3 is 11.9 Å². The Bertz CT molecular complexity index is 510. The molecule has 0 aliphatic heterocycles. The van der Waals surface area contributed by atoms with Crippen LogP contribution in [0.1, 0.15) is 26.3 Å². The molecule has 1 rings (SSSR count). The molecule has 0 spiro atoms. The molecule has 0 saturated heterocycles. The number of carboxylic acid groups (broad SMARTS) is 1. The number of ether oxygens (including phenoxy) is 1. The predicted molar refractivity (Wildman–Crippen MR) is 76.0 cm³/mol. The highest BCUT2D eigenvalue weighted by Crippen LogP contribution is 2.18. The molecule has 0 aliphatic rings. The maximum Gasteiger partial charge on any atom is 0.338 e. The van der Waals surface area contributed by atoms with Crippen molar-refractivity contribution in [1.29, 1.82) is 0 Å². The van der Waals surface area contributed by atoms with E-state index in [1.807, 2.05) is 0 Å². The largest absolute Gasteiger partial charge is 0.479 e. The topological polar surface area (TPSA) is 103 Å². The second kappa shape index (κ2) is 5.88. The van der Waals surface area contributed by atoms with Crippen molar-refractivity contribution < 1.29 is 19.4 Å². The lowest BCUT2D eigenvalue weighted by Gasteiger charge is -2.28. The van der Waals surface area contributed by atoms with Crippen LogP contribution >= 0.6 is 15.9 Å². The van der Waals surface area contributed by atoms with Crippen LogP contribution in [-0.4, -0.2) is 33.2 Å². The van der Waals surface area contributed by atoms with E-state index in [0.717, 1.165) is 0 Å². The molecule has 6 nitrogen and oxygen atoms in total. The van der Waals surface area contributed by atoms with E-state index in [1.165, 1.54) is 6.20 Å². The second-order valence-corrected chi connectivity index (χ2v) is 6.26. The number of hydrogen-bond donors (Lipinski definition) is 2. The molecule has 0 unspecified atom stereocenters. The third-order valence-corrected chi connectivity index (χ3v) is 2.89. The second-order valence-electron chi connectivity index (χ2n) is 5.44. The van der Waals surface area contributed by atoms with Gasteiger partial charge in [-0.1, -0.05) is 6.07 Å². The summed E-state index contributed by atoms with van der Waals surface area (Å²) in [7, 11) is 0. The molecule has 1 aromatic rings.